The molecular weight excluding hydrogens is 1950 g/mol. The molecule has 13 aromatic rings. The molecule has 1 unspecified atom stereocenters. The summed E-state index contributed by atoms with van der Waals surface area (Å²) in [7, 11) is -14.8. The topological polar surface area (TPSA) is 364 Å². The van der Waals surface area contributed by atoms with Crippen LogP contribution in [0.2, 0.25) is 10.0 Å². The van der Waals surface area contributed by atoms with Gasteiger partial charge in [0, 0.05) is 225 Å². The number of aromatic nitrogens is 6. The second-order valence-corrected chi connectivity index (χ2v) is 44.9. The number of hydrogen-bond donors (Lipinski definition) is 5. The highest BCUT2D eigenvalue weighted by Crippen LogP contribution is 2.39. The Morgan fingerprint density at radius 2 is 0.971 bits per heavy atom. The first kappa shape index (κ1) is 98.1. The van der Waals surface area contributed by atoms with Crippen LogP contribution in [0.3, 0.4) is 0 Å². The number of fused-ring (bicyclic) bond motifs is 4. The molecule has 12 heterocycles. The molecule has 0 radical (unpaired) electrons. The minimum Gasteiger partial charge on any atom is -0.371 e. The SMILES string of the molecule is CC1CN(c2ccc(S(=O)(=O)Nc3nccs3)cc2)CCN1C(=O)[C@@H](C)N1CCCc2cc(Cl)ccc21.C[C@@H](C(=O)NCC1CN(c2ccc(S(=O)(=O)Nc3nccs3)cc2)C1)n1ccc2ccccc21.C[C@H](C(=O)N1CCN(c2ccc(S(=O)(=O)Nc3cnccn3)cc2)CC1)N1CCCc2cc(Cl)ccc21.O=C1[C@@H](N2CCc3cc(F)ccc32)CCN1c1ccc(S(=O)(=O)Nc2nccs2)cc1.[HH].[HH].[HH].[HH].[HH].[HH].[HH].[HH].[HH]. The fourth-order valence-electron chi connectivity index (χ4n) is 18.5. The molecule has 42 heteroatoms. The van der Waals surface area contributed by atoms with Crippen LogP contribution in [0, 0.1) is 11.7 Å². The van der Waals surface area contributed by atoms with Crippen LogP contribution in [0.4, 0.5) is 65.4 Å². The average molecular weight is 2070 g/mol. The number of halogens is 3. The summed E-state index contributed by atoms with van der Waals surface area (Å²) in [6.07, 6.45) is 16.2. The number of benzene rings is 8. The van der Waals surface area contributed by atoms with Gasteiger partial charge in [-0.25, -0.2) is 58.0 Å². The Morgan fingerprint density at radius 3 is 1.49 bits per heavy atom. The molecule has 5 N–H and O–H groups in total. The van der Waals surface area contributed by atoms with Crippen LogP contribution in [0.1, 0.15) is 82.5 Å². The lowest BCUT2D eigenvalue weighted by Crippen LogP contribution is -2.58. The first-order valence-corrected chi connectivity index (χ1v) is 54.8. The molecule has 20 rings (SSSR count). The Hall–Kier alpha value is -12.5. The number of carbonyl (C=O) groups excluding carboxylic acids is 4. The normalized spacial score (nSPS) is 17.3. The number of amides is 4. The molecule has 5 atom stereocenters. The van der Waals surface area contributed by atoms with Gasteiger partial charge in [-0.3, -0.25) is 43.1 Å². The second-order valence-electron chi connectivity index (χ2n) is 34.6. The van der Waals surface area contributed by atoms with E-state index >= 15 is 0 Å². The molecule has 0 aliphatic carbocycles. The molecule has 32 nitrogen and oxygen atoms in total. The number of thiazole rings is 3. The number of hydrogen-bond acceptors (Lipinski definition) is 26. The molecule has 5 aromatic heterocycles. The maximum atomic E-state index is 13.6. The van der Waals surface area contributed by atoms with E-state index in [9.17, 15) is 57.2 Å². The van der Waals surface area contributed by atoms with Crippen LogP contribution >= 0.6 is 57.2 Å². The number of aryl methyl sites for hydroxylation is 2. The highest BCUT2D eigenvalue weighted by molar-refractivity contribution is 7.93. The van der Waals surface area contributed by atoms with Crippen molar-refractivity contribution in [2.24, 2.45) is 5.92 Å². The predicted octanol–water partition coefficient (Wildman–Crippen LogP) is 17.1. The standard InChI is InChI=1S/C26H29ClN6O3S.C26H30ClN5O3S2.C24H25N5O3S2.C21H19FN4O3S2.9H2/c1-19(33-12-2-3-20-17-21(27)4-9-24(20)33)26(34)32-15-13-31(14-16-32)22-5-7-23(8-6-22)37(35,36)30-25-18-28-10-11-29-25;1-18-17-30(22-6-8-23(9-7-22)37(34,35)29-26-28-11-15-36-26)13-14-31(18)25(33)19(2)32-12-3-4-20-16-21(27)5-10-24(20)32;1-17(29-12-10-19-4-2-3-5-22(19)29)23(30)26-14-18-15-28(16-18)20-6-8-21(9-7-20)34(31,32)27-24-25-11-13-33-24;22-15-1-6-18-14(13-15)7-10-26(18)19-8-11-25(20(19)27)16-2-4-17(5-3-16)31(28,29)24-21-23-9-12-30-21;;;;;;;;;/h4-11,17-19H,2-3,12-16H2,1H3,(H,29,30);5-11,15-16,18-19H,3-4,12-14,17H2,1-2H3,(H,28,29);2-13,17-18H,14-16H2,1H3,(H,25,27)(H,26,30);1-6,9,12-13,19H,7-8,10-11H2,(H,23,24);9*1H/t19-;18?,19-;17-;19-;;;;;;;;;/m1100........./s1. The zero-order valence-electron chi connectivity index (χ0n) is 76.3. The van der Waals surface area contributed by atoms with Gasteiger partial charge in [0.15, 0.2) is 21.2 Å². The molecule has 139 heavy (non-hydrogen) atoms. The molecule has 8 aromatic carbocycles. The largest absolute Gasteiger partial charge is 0.371 e. The van der Waals surface area contributed by atoms with E-state index in [1.165, 1.54) is 94.2 Å². The molecule has 4 fully saturated rings. The lowest BCUT2D eigenvalue weighted by molar-refractivity contribution is -0.135. The van der Waals surface area contributed by atoms with Crippen LogP contribution in [0.15, 0.2) is 261 Å². The number of sulfonamides is 4. The van der Waals surface area contributed by atoms with Crippen molar-refractivity contribution in [3.63, 3.8) is 0 Å². The van der Waals surface area contributed by atoms with E-state index in [1.54, 1.807) is 100 Å². The van der Waals surface area contributed by atoms with E-state index in [0.29, 0.717) is 98.9 Å². The molecule has 0 spiro atoms. The van der Waals surface area contributed by atoms with Gasteiger partial charge in [-0.15, -0.1) is 34.0 Å². The maximum absolute atomic E-state index is 13.6. The molecule has 7 aliphatic rings. The fraction of sp³-hybridized carbons (Fsp3) is 0.309. The van der Waals surface area contributed by atoms with Crippen molar-refractivity contribution < 1.29 is 70.1 Å². The first-order valence-electron chi connectivity index (χ1n) is 45.5. The summed E-state index contributed by atoms with van der Waals surface area (Å²) >= 11 is 16.0. The van der Waals surface area contributed by atoms with Gasteiger partial charge in [-0.2, -0.15) is 0 Å². The van der Waals surface area contributed by atoms with E-state index in [4.69, 9.17) is 23.2 Å². The van der Waals surface area contributed by atoms with Gasteiger partial charge in [-0.05, 0) is 252 Å². The van der Waals surface area contributed by atoms with Crippen LogP contribution in [0.25, 0.3) is 10.9 Å². The molecule has 0 saturated carbocycles. The number of carbonyl (C=O) groups is 4. The molecule has 0 bridgehead atoms. The van der Waals surface area contributed by atoms with E-state index in [-0.39, 0.29) is 97.9 Å². The number of para-hydroxylation sites is 1. The summed E-state index contributed by atoms with van der Waals surface area (Å²) in [4.78, 5) is 91.7. The second kappa shape index (κ2) is 42.7. The third-order valence-electron chi connectivity index (χ3n) is 25.8. The van der Waals surface area contributed by atoms with Gasteiger partial charge in [0.05, 0.1) is 25.8 Å². The smallest absolute Gasteiger partial charge is 0.263 e. The predicted molar refractivity (Wildman–Crippen MR) is 565 cm³/mol. The molecule has 4 amide bonds. The number of piperazine rings is 2. The summed E-state index contributed by atoms with van der Waals surface area (Å²) < 4.78 is 126. The van der Waals surface area contributed by atoms with Crippen molar-refractivity contribution in [3.8, 4) is 0 Å². The summed E-state index contributed by atoms with van der Waals surface area (Å²) in [6, 6.07) is 52.2. The van der Waals surface area contributed by atoms with Gasteiger partial charge >= 0.3 is 0 Å². The monoisotopic (exact) mass is 2070 g/mol. The third kappa shape index (κ3) is 22.8. The Kier molecular flexibility index (Phi) is 30.1. The van der Waals surface area contributed by atoms with Crippen LogP contribution in [-0.4, -0.2) is 212 Å². The zero-order valence-corrected chi connectivity index (χ0v) is 83.5. The van der Waals surface area contributed by atoms with Gasteiger partial charge in [0.1, 0.15) is 30.0 Å². The first-order chi connectivity index (χ1) is 66.9. The van der Waals surface area contributed by atoms with E-state index in [1.807, 2.05) is 137 Å². The Labute approximate surface area is 842 Å². The lowest BCUT2D eigenvalue weighted by Gasteiger charge is -2.44. The van der Waals surface area contributed by atoms with E-state index < -0.39 is 40.1 Å². The minimum absolute atomic E-state index is 0. The van der Waals surface area contributed by atoms with Crippen LogP contribution in [0.5, 0.6) is 0 Å². The highest BCUT2D eigenvalue weighted by Gasteiger charge is 2.41. The summed E-state index contributed by atoms with van der Waals surface area (Å²) in [5.74, 6) is 0.477. The Bertz CT molecular complexity index is 7080. The van der Waals surface area contributed by atoms with Gasteiger partial charge in [-0.1, -0.05) is 41.4 Å². The van der Waals surface area contributed by atoms with Crippen molar-refractivity contribution in [2.45, 2.75) is 116 Å². The summed E-state index contributed by atoms with van der Waals surface area (Å²) in [5.41, 5.74) is 10.9. The Morgan fingerprint density at radius 1 is 0.482 bits per heavy atom. The van der Waals surface area contributed by atoms with Gasteiger partial charge in [0.2, 0.25) is 23.6 Å². The third-order valence-corrected chi connectivity index (χ3v) is 34.1. The number of nitrogens with one attached hydrogen (secondary N) is 5. The summed E-state index contributed by atoms with van der Waals surface area (Å²) in [6.45, 7) is 17.6. The molecule has 744 valence electrons. The van der Waals surface area contributed by atoms with E-state index in [0.717, 1.165) is 119 Å². The van der Waals surface area contributed by atoms with Crippen molar-refractivity contribution in [1.82, 2.24) is 44.6 Å². The Balaban J connectivity index is 0.000000236. The lowest BCUT2D eigenvalue weighted by atomic mass is 9.99. The maximum Gasteiger partial charge on any atom is 0.263 e. The van der Waals surface area contributed by atoms with Crippen molar-refractivity contribution in [3.05, 3.63) is 274 Å². The highest BCUT2D eigenvalue weighted by atomic mass is 35.5. The van der Waals surface area contributed by atoms with Crippen LogP contribution < -0.4 is 58.5 Å². The number of nitrogens with zero attached hydrogens (tertiary/aromatic N) is 15. The van der Waals surface area contributed by atoms with Gasteiger partial charge in [0.25, 0.3) is 40.1 Å². The minimum atomic E-state index is -3.76. The fourth-order valence-corrected chi connectivity index (χ4v) is 25.2. The number of rotatable bonds is 25. The molecule has 7 aliphatic heterocycles. The quantitative estimate of drug-likeness (QED) is 0.0355. The van der Waals surface area contributed by atoms with Crippen molar-refractivity contribution >= 4 is 193 Å². The van der Waals surface area contributed by atoms with Crippen LogP contribution in [-0.2, 0) is 78.5 Å². The summed E-state index contributed by atoms with van der Waals surface area (Å²) in [5, 5.41) is 11.8. The molecule has 4 saturated heterocycles. The van der Waals surface area contributed by atoms with Crippen molar-refractivity contribution in [2.75, 3.05) is 145 Å². The van der Waals surface area contributed by atoms with Crippen molar-refractivity contribution in [1.29, 1.82) is 0 Å². The van der Waals surface area contributed by atoms with E-state index in [2.05, 4.69) is 80.5 Å². The number of anilines is 11. The average Bonchev–Trinajstić information content (AvgIpc) is 1.70. The zero-order chi connectivity index (χ0) is 97.4. The van der Waals surface area contributed by atoms with Gasteiger partial charge < -0.3 is 54.0 Å². The molecular formula is C97H121Cl2FN20O12S7.